The van der Waals surface area contributed by atoms with Gasteiger partial charge in [-0.05, 0) is 56.9 Å². The fourth-order valence-corrected chi connectivity index (χ4v) is 3.96. The van der Waals surface area contributed by atoms with Gasteiger partial charge in [0.1, 0.15) is 0 Å². The molecule has 2 aliphatic carbocycles. The third kappa shape index (κ3) is 2.90. The van der Waals surface area contributed by atoms with Crippen LogP contribution in [-0.2, 0) is 19.9 Å². The number of aliphatic hydroxyl groups excluding tert-OH is 1. The van der Waals surface area contributed by atoms with Crippen LogP contribution in [0.15, 0.2) is 12.4 Å². The normalized spacial score (nSPS) is 24.1. The van der Waals surface area contributed by atoms with Gasteiger partial charge in [0.25, 0.3) is 0 Å². The molecule has 1 unspecified atom stereocenters. The third-order valence-electron chi connectivity index (χ3n) is 5.38. The standard InChI is InChI=1S/C18H25N5O/c1-11-15-5-3-4-6-16(15)21-18(20-11)22-17(12-7-14(24)8-12)13-9-19-23(2)10-13/h9-10,12,14,17,24H,3-8H2,1-2H3,(H,20,21,22). The number of nitrogens with zero attached hydrogens (tertiary/aromatic N) is 4. The second-order valence-electron chi connectivity index (χ2n) is 7.22. The Hall–Kier alpha value is -1.95. The summed E-state index contributed by atoms with van der Waals surface area (Å²) >= 11 is 0. The summed E-state index contributed by atoms with van der Waals surface area (Å²) in [6.45, 7) is 2.09. The second-order valence-corrected chi connectivity index (χ2v) is 7.22. The number of nitrogens with one attached hydrogen (secondary N) is 1. The molecule has 0 radical (unpaired) electrons. The van der Waals surface area contributed by atoms with Crippen LogP contribution in [0.5, 0.6) is 0 Å². The van der Waals surface area contributed by atoms with Crippen LogP contribution < -0.4 is 5.32 Å². The number of aromatic nitrogens is 4. The number of aryl methyl sites for hydroxylation is 3. The molecule has 2 aromatic rings. The van der Waals surface area contributed by atoms with Crippen molar-refractivity contribution < 1.29 is 5.11 Å². The van der Waals surface area contributed by atoms with Crippen molar-refractivity contribution in [1.29, 1.82) is 0 Å². The fourth-order valence-electron chi connectivity index (χ4n) is 3.96. The van der Waals surface area contributed by atoms with Crippen molar-refractivity contribution in [3.8, 4) is 0 Å². The first kappa shape index (κ1) is 15.6. The minimum Gasteiger partial charge on any atom is -0.393 e. The summed E-state index contributed by atoms with van der Waals surface area (Å²) in [6, 6.07) is 0.100. The van der Waals surface area contributed by atoms with E-state index in [1.165, 1.54) is 24.1 Å². The number of anilines is 1. The maximum Gasteiger partial charge on any atom is 0.223 e. The van der Waals surface area contributed by atoms with Crippen LogP contribution in [0.2, 0.25) is 0 Å². The van der Waals surface area contributed by atoms with Crippen molar-refractivity contribution in [1.82, 2.24) is 19.7 Å². The highest BCUT2D eigenvalue weighted by atomic mass is 16.3. The molecule has 0 bridgehead atoms. The minimum absolute atomic E-state index is 0.100. The quantitative estimate of drug-likeness (QED) is 0.901. The Kier molecular flexibility index (Phi) is 4.00. The summed E-state index contributed by atoms with van der Waals surface area (Å²) in [5.74, 6) is 1.10. The zero-order chi connectivity index (χ0) is 16.7. The number of hydrogen-bond donors (Lipinski definition) is 2. The largest absolute Gasteiger partial charge is 0.393 e. The molecule has 0 aliphatic heterocycles. The van der Waals surface area contributed by atoms with E-state index < -0.39 is 0 Å². The van der Waals surface area contributed by atoms with Gasteiger partial charge in [-0.25, -0.2) is 9.97 Å². The molecule has 6 heteroatoms. The van der Waals surface area contributed by atoms with E-state index in [-0.39, 0.29) is 12.1 Å². The van der Waals surface area contributed by atoms with E-state index in [4.69, 9.17) is 9.97 Å². The average molecular weight is 327 g/mol. The van der Waals surface area contributed by atoms with Crippen molar-refractivity contribution >= 4 is 5.95 Å². The smallest absolute Gasteiger partial charge is 0.223 e. The third-order valence-corrected chi connectivity index (χ3v) is 5.38. The first-order valence-electron chi connectivity index (χ1n) is 8.89. The number of aliphatic hydroxyl groups is 1. The van der Waals surface area contributed by atoms with Crippen LogP contribution >= 0.6 is 0 Å². The lowest BCUT2D eigenvalue weighted by Gasteiger charge is -2.37. The van der Waals surface area contributed by atoms with Gasteiger partial charge in [-0.3, -0.25) is 4.68 Å². The molecule has 2 aromatic heterocycles. The zero-order valence-corrected chi connectivity index (χ0v) is 14.4. The van der Waals surface area contributed by atoms with Crippen molar-refractivity contribution in [3.05, 3.63) is 34.9 Å². The van der Waals surface area contributed by atoms with Gasteiger partial charge in [-0.15, -0.1) is 0 Å². The van der Waals surface area contributed by atoms with Gasteiger partial charge in [-0.1, -0.05) is 0 Å². The number of rotatable bonds is 4. The summed E-state index contributed by atoms with van der Waals surface area (Å²) in [6.07, 6.45) is 9.98. The Morgan fingerprint density at radius 3 is 2.75 bits per heavy atom. The molecule has 1 fully saturated rings. The summed E-state index contributed by atoms with van der Waals surface area (Å²) in [5.41, 5.74) is 4.77. The highest BCUT2D eigenvalue weighted by molar-refractivity contribution is 5.38. The van der Waals surface area contributed by atoms with E-state index in [9.17, 15) is 5.11 Å². The van der Waals surface area contributed by atoms with E-state index in [2.05, 4.69) is 17.3 Å². The zero-order valence-electron chi connectivity index (χ0n) is 14.4. The molecule has 2 aliphatic rings. The molecular weight excluding hydrogens is 302 g/mol. The van der Waals surface area contributed by atoms with Gasteiger partial charge in [0, 0.05) is 30.2 Å². The predicted octanol–water partition coefficient (Wildman–Crippen LogP) is 2.32. The van der Waals surface area contributed by atoms with Crippen LogP contribution in [0.25, 0.3) is 0 Å². The number of fused-ring (bicyclic) bond motifs is 1. The average Bonchev–Trinajstić information content (AvgIpc) is 2.96. The molecule has 128 valence electrons. The highest BCUT2D eigenvalue weighted by Crippen LogP contribution is 2.39. The second kappa shape index (κ2) is 6.16. The van der Waals surface area contributed by atoms with Gasteiger partial charge in [0.2, 0.25) is 5.95 Å². The van der Waals surface area contributed by atoms with E-state index in [1.807, 2.05) is 24.1 Å². The molecule has 24 heavy (non-hydrogen) atoms. The molecule has 6 nitrogen and oxygen atoms in total. The molecule has 0 amide bonds. The predicted molar refractivity (Wildman–Crippen MR) is 91.7 cm³/mol. The van der Waals surface area contributed by atoms with Gasteiger partial charge in [0.15, 0.2) is 0 Å². The first-order valence-corrected chi connectivity index (χ1v) is 8.89. The molecule has 1 atom stereocenters. The molecule has 0 aromatic carbocycles. The monoisotopic (exact) mass is 327 g/mol. The molecule has 0 spiro atoms. The van der Waals surface area contributed by atoms with Gasteiger partial charge in [0.05, 0.1) is 18.3 Å². The van der Waals surface area contributed by atoms with Gasteiger partial charge < -0.3 is 10.4 Å². The summed E-state index contributed by atoms with van der Waals surface area (Å²) < 4.78 is 1.82. The fraction of sp³-hybridized carbons (Fsp3) is 0.611. The molecular formula is C18H25N5O. The minimum atomic E-state index is -0.179. The summed E-state index contributed by atoms with van der Waals surface area (Å²) in [5, 5.41) is 17.5. The SMILES string of the molecule is Cc1nc(NC(c2cnn(C)c2)C2CC(O)C2)nc2c1CCCC2. The Morgan fingerprint density at radius 1 is 1.25 bits per heavy atom. The molecule has 1 saturated carbocycles. The van der Waals surface area contributed by atoms with Crippen molar-refractivity contribution in [2.24, 2.45) is 13.0 Å². The van der Waals surface area contributed by atoms with Crippen LogP contribution in [0.1, 0.15) is 54.2 Å². The molecule has 2 heterocycles. The first-order chi connectivity index (χ1) is 11.6. The van der Waals surface area contributed by atoms with Gasteiger partial charge >= 0.3 is 0 Å². The topological polar surface area (TPSA) is 75.9 Å². The Morgan fingerprint density at radius 2 is 2.04 bits per heavy atom. The van der Waals surface area contributed by atoms with Crippen LogP contribution in [0.4, 0.5) is 5.95 Å². The van der Waals surface area contributed by atoms with E-state index >= 15 is 0 Å². The lowest BCUT2D eigenvalue weighted by Crippen LogP contribution is -2.36. The van der Waals surface area contributed by atoms with Crippen LogP contribution in [0.3, 0.4) is 0 Å². The van der Waals surface area contributed by atoms with Crippen molar-refractivity contribution in [2.75, 3.05) is 5.32 Å². The lowest BCUT2D eigenvalue weighted by molar-refractivity contribution is 0.0338. The molecule has 2 N–H and O–H groups in total. The Bertz CT molecular complexity index is 735. The van der Waals surface area contributed by atoms with Gasteiger partial charge in [-0.2, -0.15) is 5.10 Å². The Labute approximate surface area is 142 Å². The van der Waals surface area contributed by atoms with Crippen molar-refractivity contribution in [2.45, 2.75) is 57.6 Å². The lowest BCUT2D eigenvalue weighted by atomic mass is 9.75. The summed E-state index contributed by atoms with van der Waals surface area (Å²) in [7, 11) is 1.93. The highest BCUT2D eigenvalue weighted by Gasteiger charge is 2.36. The van der Waals surface area contributed by atoms with E-state index in [0.717, 1.165) is 36.9 Å². The molecule has 4 rings (SSSR count). The van der Waals surface area contributed by atoms with Crippen LogP contribution in [0, 0.1) is 12.8 Å². The molecule has 0 saturated heterocycles. The number of hydrogen-bond acceptors (Lipinski definition) is 5. The van der Waals surface area contributed by atoms with Crippen molar-refractivity contribution in [3.63, 3.8) is 0 Å². The maximum absolute atomic E-state index is 9.71. The Balaban J connectivity index is 1.61. The van der Waals surface area contributed by atoms with E-state index in [0.29, 0.717) is 11.9 Å². The van der Waals surface area contributed by atoms with E-state index in [1.54, 1.807) is 0 Å². The summed E-state index contributed by atoms with van der Waals surface area (Å²) in [4.78, 5) is 9.50. The maximum atomic E-state index is 9.71. The van der Waals surface area contributed by atoms with Crippen LogP contribution in [-0.4, -0.2) is 31.0 Å².